The van der Waals surface area contributed by atoms with E-state index in [2.05, 4.69) is 16.3 Å². The highest BCUT2D eigenvalue weighted by Gasteiger charge is 2.11. The van der Waals surface area contributed by atoms with E-state index in [0.29, 0.717) is 23.6 Å². The van der Waals surface area contributed by atoms with Crippen molar-refractivity contribution in [1.82, 2.24) is 9.47 Å². The van der Waals surface area contributed by atoms with Gasteiger partial charge in [-0.1, -0.05) is 12.1 Å². The molecule has 0 bridgehead atoms. The van der Waals surface area contributed by atoms with Crippen molar-refractivity contribution in [3.63, 3.8) is 0 Å². The van der Waals surface area contributed by atoms with Gasteiger partial charge in [0.2, 0.25) is 0 Å². The molecule has 0 radical (unpaired) electrons. The van der Waals surface area contributed by atoms with Crippen molar-refractivity contribution >= 4 is 11.9 Å². The molecular weight excluding hydrogens is 414 g/mol. The van der Waals surface area contributed by atoms with Crippen molar-refractivity contribution in [2.45, 2.75) is 19.4 Å². The summed E-state index contributed by atoms with van der Waals surface area (Å²) in [6.07, 6.45) is 5.53. The van der Waals surface area contributed by atoms with E-state index in [-0.39, 0.29) is 5.56 Å². The number of nitriles is 1. The van der Waals surface area contributed by atoms with Gasteiger partial charge in [0.05, 0.1) is 11.6 Å². The Labute approximate surface area is 193 Å². The lowest BCUT2D eigenvalue weighted by molar-refractivity contribution is 0.305. The molecule has 0 atom stereocenters. The Morgan fingerprint density at radius 3 is 2.58 bits per heavy atom. The Hall–Kier alpha value is -3.89. The minimum atomic E-state index is -0.210. The molecule has 168 valence electrons. The van der Waals surface area contributed by atoms with Gasteiger partial charge in [0.25, 0.3) is 5.56 Å². The minimum Gasteiger partial charge on any atom is -0.489 e. The number of ether oxygens (including phenoxy) is 1. The van der Waals surface area contributed by atoms with E-state index < -0.39 is 0 Å². The van der Waals surface area contributed by atoms with Crippen LogP contribution < -0.4 is 15.6 Å². The van der Waals surface area contributed by atoms with Crippen LogP contribution in [0.2, 0.25) is 0 Å². The summed E-state index contributed by atoms with van der Waals surface area (Å²) in [6.45, 7) is 4.45. The number of likely N-dealkylation sites (tertiary alicyclic amines) is 1. The van der Waals surface area contributed by atoms with Gasteiger partial charge in [0, 0.05) is 48.5 Å². The van der Waals surface area contributed by atoms with Crippen LogP contribution in [0, 0.1) is 16.7 Å². The lowest BCUT2D eigenvalue weighted by atomic mass is 10.1. The highest BCUT2D eigenvalue weighted by Crippen LogP contribution is 2.19. The Morgan fingerprint density at radius 2 is 1.88 bits per heavy atom. The number of hydrogen-bond acceptors (Lipinski definition) is 6. The van der Waals surface area contributed by atoms with Gasteiger partial charge in [-0.25, -0.2) is 0 Å². The standard InChI is InChI=1S/C26H27N5O2/c27-17-20-3-5-21(6-4-20)19-33-24-9-13-31(26(32)16-24)23-7-8-25(22(15-23)18-28)29-10-14-30-11-1-2-12-30/h3-9,13,15-16,18,28-29H,1-2,10-12,14,19H2. The Balaban J connectivity index is 1.41. The quantitative estimate of drug-likeness (QED) is 0.493. The van der Waals surface area contributed by atoms with Crippen LogP contribution in [0.1, 0.15) is 29.5 Å². The molecule has 0 amide bonds. The summed E-state index contributed by atoms with van der Waals surface area (Å²) in [4.78, 5) is 15.1. The predicted molar refractivity (Wildman–Crippen MR) is 130 cm³/mol. The SMILES string of the molecule is N#Cc1ccc(COc2ccn(-c3ccc(NCCN4CCCC4)c(C=N)c3)c(=O)c2)cc1. The summed E-state index contributed by atoms with van der Waals surface area (Å²) < 4.78 is 7.28. The number of nitrogens with one attached hydrogen (secondary N) is 2. The maximum Gasteiger partial charge on any atom is 0.258 e. The second-order valence-electron chi connectivity index (χ2n) is 8.06. The van der Waals surface area contributed by atoms with Crippen molar-refractivity contribution in [2.24, 2.45) is 0 Å². The summed E-state index contributed by atoms with van der Waals surface area (Å²) in [7, 11) is 0. The number of aromatic nitrogens is 1. The first-order chi connectivity index (χ1) is 16.2. The Morgan fingerprint density at radius 1 is 1.09 bits per heavy atom. The van der Waals surface area contributed by atoms with Gasteiger partial charge in [-0.3, -0.25) is 9.36 Å². The molecule has 0 aliphatic carbocycles. The summed E-state index contributed by atoms with van der Waals surface area (Å²) in [5, 5.41) is 20.1. The van der Waals surface area contributed by atoms with Gasteiger partial charge in [0.1, 0.15) is 12.4 Å². The largest absolute Gasteiger partial charge is 0.489 e. The van der Waals surface area contributed by atoms with E-state index in [1.54, 1.807) is 24.4 Å². The molecule has 0 unspecified atom stereocenters. The third-order valence-corrected chi connectivity index (χ3v) is 5.79. The molecule has 4 rings (SSSR count). The van der Waals surface area contributed by atoms with Crippen LogP contribution in [0.15, 0.2) is 65.6 Å². The fourth-order valence-electron chi connectivity index (χ4n) is 3.94. The summed E-state index contributed by atoms with van der Waals surface area (Å²) in [5.41, 5.74) is 3.63. The highest BCUT2D eigenvalue weighted by molar-refractivity contribution is 5.86. The minimum absolute atomic E-state index is 0.210. The summed E-state index contributed by atoms with van der Waals surface area (Å²) in [5.74, 6) is 0.480. The van der Waals surface area contributed by atoms with Gasteiger partial charge in [-0.2, -0.15) is 5.26 Å². The molecule has 1 fully saturated rings. The molecule has 2 N–H and O–H groups in total. The first kappa shape index (κ1) is 22.3. The number of anilines is 1. The average molecular weight is 442 g/mol. The van der Waals surface area contributed by atoms with Gasteiger partial charge < -0.3 is 20.4 Å². The first-order valence-corrected chi connectivity index (χ1v) is 11.1. The number of hydrogen-bond donors (Lipinski definition) is 2. The topological polar surface area (TPSA) is 94.1 Å². The molecule has 7 heteroatoms. The normalized spacial score (nSPS) is 13.4. The Kier molecular flexibility index (Phi) is 7.18. The number of nitrogens with zero attached hydrogens (tertiary/aromatic N) is 3. The molecule has 0 saturated carbocycles. The van der Waals surface area contributed by atoms with E-state index in [0.717, 1.165) is 43.0 Å². The number of pyridine rings is 1. The van der Waals surface area contributed by atoms with Gasteiger partial charge >= 0.3 is 0 Å². The second kappa shape index (κ2) is 10.6. The number of benzene rings is 2. The molecule has 7 nitrogen and oxygen atoms in total. The first-order valence-electron chi connectivity index (χ1n) is 11.1. The maximum absolute atomic E-state index is 12.7. The second-order valence-corrected chi connectivity index (χ2v) is 8.06. The van der Waals surface area contributed by atoms with Crippen molar-refractivity contribution in [3.05, 3.63) is 87.8 Å². The van der Waals surface area contributed by atoms with E-state index in [1.165, 1.54) is 29.7 Å². The number of rotatable bonds is 9. The van der Waals surface area contributed by atoms with Gasteiger partial charge in [0.15, 0.2) is 0 Å². The summed E-state index contributed by atoms with van der Waals surface area (Å²) in [6, 6.07) is 18.1. The zero-order valence-corrected chi connectivity index (χ0v) is 18.5. The van der Waals surface area contributed by atoms with Crippen molar-refractivity contribution in [2.75, 3.05) is 31.5 Å². The lowest BCUT2D eigenvalue weighted by Crippen LogP contribution is -2.26. The van der Waals surface area contributed by atoms with E-state index in [9.17, 15) is 4.79 Å². The van der Waals surface area contributed by atoms with Crippen molar-refractivity contribution in [3.8, 4) is 17.5 Å². The molecule has 33 heavy (non-hydrogen) atoms. The van der Waals surface area contributed by atoms with Gasteiger partial charge in [-0.15, -0.1) is 0 Å². The van der Waals surface area contributed by atoms with Crippen molar-refractivity contribution in [1.29, 1.82) is 10.7 Å². The monoisotopic (exact) mass is 441 g/mol. The molecule has 1 aliphatic heterocycles. The smallest absolute Gasteiger partial charge is 0.258 e. The van der Waals surface area contributed by atoms with E-state index in [1.807, 2.05) is 30.3 Å². The van der Waals surface area contributed by atoms with Crippen LogP contribution in [-0.2, 0) is 6.61 Å². The van der Waals surface area contributed by atoms with Crippen LogP contribution in [0.25, 0.3) is 5.69 Å². The fourth-order valence-corrected chi connectivity index (χ4v) is 3.94. The van der Waals surface area contributed by atoms with Crippen LogP contribution in [-0.4, -0.2) is 41.9 Å². The third-order valence-electron chi connectivity index (χ3n) is 5.79. The molecule has 1 aliphatic rings. The lowest BCUT2D eigenvalue weighted by Gasteiger charge is -2.17. The van der Waals surface area contributed by atoms with Crippen molar-refractivity contribution < 1.29 is 4.74 Å². The molecule has 2 heterocycles. The van der Waals surface area contributed by atoms with E-state index >= 15 is 0 Å². The molecule has 1 saturated heterocycles. The molecule has 0 spiro atoms. The average Bonchev–Trinajstić information content (AvgIpc) is 3.37. The van der Waals surface area contributed by atoms with Gasteiger partial charge in [-0.05, 0) is 67.9 Å². The van der Waals surface area contributed by atoms with Crippen LogP contribution in [0.4, 0.5) is 5.69 Å². The highest BCUT2D eigenvalue weighted by atomic mass is 16.5. The molecular formula is C26H27N5O2. The molecule has 2 aromatic carbocycles. The van der Waals surface area contributed by atoms with Crippen LogP contribution in [0.3, 0.4) is 0 Å². The zero-order chi connectivity index (χ0) is 23.0. The third kappa shape index (κ3) is 5.68. The molecule has 3 aromatic rings. The fraction of sp³-hybridized carbons (Fsp3) is 0.269. The Bertz CT molecular complexity index is 1200. The zero-order valence-electron chi connectivity index (χ0n) is 18.5. The van der Waals surface area contributed by atoms with Crippen LogP contribution in [0.5, 0.6) is 5.75 Å². The molecule has 1 aromatic heterocycles. The predicted octanol–water partition coefficient (Wildman–Crippen LogP) is 3.79. The maximum atomic E-state index is 12.7. The summed E-state index contributed by atoms with van der Waals surface area (Å²) >= 11 is 0. The van der Waals surface area contributed by atoms with E-state index in [4.69, 9.17) is 15.4 Å². The van der Waals surface area contributed by atoms with Crippen LogP contribution >= 0.6 is 0 Å².